The zero-order valence-corrected chi connectivity index (χ0v) is 17.6. The molecule has 27 heavy (non-hydrogen) atoms. The van der Waals surface area contributed by atoms with Crippen LogP contribution in [0.5, 0.6) is 0 Å². The summed E-state index contributed by atoms with van der Waals surface area (Å²) in [6, 6.07) is 16.5. The summed E-state index contributed by atoms with van der Waals surface area (Å²) >= 11 is 3.31. The van der Waals surface area contributed by atoms with Crippen LogP contribution in [0.4, 0.5) is 5.13 Å². The monoisotopic (exact) mass is 399 g/mol. The lowest BCUT2D eigenvalue weighted by atomic mass is 10.2. The minimum absolute atomic E-state index is 0.135. The Kier molecular flexibility index (Phi) is 6.88. The van der Waals surface area contributed by atoms with Crippen LogP contribution in [0.25, 0.3) is 10.2 Å². The van der Waals surface area contributed by atoms with Crippen molar-refractivity contribution in [3.63, 3.8) is 0 Å². The van der Waals surface area contributed by atoms with E-state index in [0.29, 0.717) is 13.0 Å². The lowest BCUT2D eigenvalue weighted by Crippen LogP contribution is -2.36. The van der Waals surface area contributed by atoms with Crippen molar-refractivity contribution in [2.75, 3.05) is 37.8 Å². The van der Waals surface area contributed by atoms with Gasteiger partial charge in [-0.1, -0.05) is 41.2 Å². The van der Waals surface area contributed by atoms with Gasteiger partial charge in [-0.2, -0.15) is 0 Å². The molecule has 0 aliphatic rings. The molecule has 2 aromatic carbocycles. The molecular weight excluding hydrogens is 374 g/mol. The molecule has 0 aliphatic heterocycles. The first-order valence-corrected chi connectivity index (χ1v) is 10.8. The summed E-state index contributed by atoms with van der Waals surface area (Å²) in [6.45, 7) is 3.55. The van der Waals surface area contributed by atoms with Gasteiger partial charge in [0.2, 0.25) is 5.91 Å². The molecule has 1 amide bonds. The number of thioether (sulfide) groups is 1. The maximum atomic E-state index is 12.9. The number of para-hydroxylation sites is 1. The Morgan fingerprint density at radius 2 is 1.81 bits per heavy atom. The molecule has 0 fully saturated rings. The first-order chi connectivity index (χ1) is 13.0. The van der Waals surface area contributed by atoms with Crippen molar-refractivity contribution in [2.45, 2.75) is 18.2 Å². The number of amides is 1. The van der Waals surface area contributed by atoms with Crippen LogP contribution in [-0.2, 0) is 4.79 Å². The normalized spacial score (nSPS) is 11.3. The van der Waals surface area contributed by atoms with Gasteiger partial charge in [0, 0.05) is 30.2 Å². The number of aromatic nitrogens is 1. The summed E-state index contributed by atoms with van der Waals surface area (Å²) in [5.74, 6) is 0.904. The summed E-state index contributed by atoms with van der Waals surface area (Å²) < 4.78 is 1.11. The largest absolute Gasteiger partial charge is 0.308 e. The van der Waals surface area contributed by atoms with Crippen LogP contribution in [0.15, 0.2) is 53.4 Å². The van der Waals surface area contributed by atoms with E-state index in [1.54, 1.807) is 23.1 Å². The third-order valence-corrected chi connectivity index (χ3v) is 6.26. The van der Waals surface area contributed by atoms with Crippen molar-refractivity contribution in [3.8, 4) is 0 Å². The predicted molar refractivity (Wildman–Crippen MR) is 117 cm³/mol. The van der Waals surface area contributed by atoms with Crippen molar-refractivity contribution in [1.29, 1.82) is 0 Å². The van der Waals surface area contributed by atoms with E-state index in [0.717, 1.165) is 27.6 Å². The minimum Gasteiger partial charge on any atom is -0.308 e. The third kappa shape index (κ3) is 5.54. The Hall–Kier alpha value is -1.89. The molecule has 0 saturated carbocycles. The minimum atomic E-state index is 0.135. The molecule has 0 atom stereocenters. The van der Waals surface area contributed by atoms with Gasteiger partial charge >= 0.3 is 0 Å². The number of likely N-dealkylation sites (N-methyl/N-ethyl adjacent to an activating group) is 1. The van der Waals surface area contributed by atoms with E-state index >= 15 is 0 Å². The summed E-state index contributed by atoms with van der Waals surface area (Å²) in [4.78, 5) is 22.8. The average Bonchev–Trinajstić information content (AvgIpc) is 3.07. The van der Waals surface area contributed by atoms with Gasteiger partial charge in [0.25, 0.3) is 0 Å². The number of carbonyl (C=O) groups excluding carboxylic acids is 1. The first-order valence-electron chi connectivity index (χ1n) is 9.03. The Morgan fingerprint density at radius 3 is 2.52 bits per heavy atom. The number of aryl methyl sites for hydroxylation is 1. The predicted octanol–water partition coefficient (Wildman–Crippen LogP) is 4.68. The topological polar surface area (TPSA) is 36.4 Å². The smallest absolute Gasteiger partial charge is 0.229 e. The van der Waals surface area contributed by atoms with E-state index < -0.39 is 0 Å². The number of anilines is 1. The highest BCUT2D eigenvalue weighted by Crippen LogP contribution is 2.29. The molecule has 0 N–H and O–H groups in total. The first kappa shape index (κ1) is 19.9. The molecule has 3 rings (SSSR count). The van der Waals surface area contributed by atoms with Gasteiger partial charge in [-0.25, -0.2) is 4.98 Å². The van der Waals surface area contributed by atoms with E-state index in [1.807, 2.05) is 37.2 Å². The molecule has 3 aromatic rings. The van der Waals surface area contributed by atoms with Crippen molar-refractivity contribution in [3.05, 3.63) is 54.1 Å². The van der Waals surface area contributed by atoms with Crippen molar-refractivity contribution >= 4 is 44.4 Å². The van der Waals surface area contributed by atoms with Crippen LogP contribution in [0.1, 0.15) is 12.0 Å². The summed E-state index contributed by atoms with van der Waals surface area (Å²) in [5, 5.41) is 0.795. The molecule has 4 nitrogen and oxygen atoms in total. The van der Waals surface area contributed by atoms with Crippen molar-refractivity contribution in [2.24, 2.45) is 0 Å². The number of hydrogen-bond acceptors (Lipinski definition) is 5. The molecule has 0 spiro atoms. The van der Waals surface area contributed by atoms with Gasteiger partial charge in [-0.3, -0.25) is 9.69 Å². The number of carbonyl (C=O) groups is 1. The molecular formula is C21H25N3OS2. The number of hydrogen-bond donors (Lipinski definition) is 0. The standard InChI is InChI=1S/C21H25N3OS2/c1-16-8-10-17(11-9-16)26-15-12-20(25)24(14-13-23(2)3)21-22-18-6-4-5-7-19(18)27-21/h4-11H,12-15H2,1-3H3. The molecule has 142 valence electrons. The average molecular weight is 400 g/mol. The Bertz CT molecular complexity index is 857. The van der Waals surface area contributed by atoms with Crippen LogP contribution in [-0.4, -0.2) is 48.7 Å². The summed E-state index contributed by atoms with van der Waals surface area (Å²) in [5.41, 5.74) is 2.20. The number of benzene rings is 2. The Balaban J connectivity index is 1.67. The molecule has 6 heteroatoms. The molecule has 0 saturated heterocycles. The SMILES string of the molecule is Cc1ccc(SCCC(=O)N(CCN(C)C)c2nc3ccccc3s2)cc1. The van der Waals surface area contributed by atoms with Crippen LogP contribution < -0.4 is 4.90 Å². The number of thiazole rings is 1. The molecule has 0 aliphatic carbocycles. The number of fused-ring (bicyclic) bond motifs is 1. The second-order valence-corrected chi connectivity index (χ2v) is 8.90. The van der Waals surface area contributed by atoms with E-state index in [1.165, 1.54) is 10.5 Å². The van der Waals surface area contributed by atoms with Crippen molar-refractivity contribution in [1.82, 2.24) is 9.88 Å². The van der Waals surface area contributed by atoms with Gasteiger partial charge in [0.1, 0.15) is 0 Å². The van der Waals surface area contributed by atoms with Gasteiger partial charge in [0.05, 0.1) is 10.2 Å². The van der Waals surface area contributed by atoms with Crippen molar-refractivity contribution < 1.29 is 4.79 Å². The zero-order chi connectivity index (χ0) is 19.2. The van der Waals surface area contributed by atoms with Gasteiger partial charge < -0.3 is 4.90 Å². The van der Waals surface area contributed by atoms with Gasteiger partial charge in [-0.15, -0.1) is 11.8 Å². The number of nitrogens with zero attached hydrogens (tertiary/aromatic N) is 3. The maximum Gasteiger partial charge on any atom is 0.229 e. The maximum absolute atomic E-state index is 12.9. The highest BCUT2D eigenvalue weighted by molar-refractivity contribution is 7.99. The third-order valence-electron chi connectivity index (χ3n) is 4.19. The Morgan fingerprint density at radius 1 is 1.07 bits per heavy atom. The number of rotatable bonds is 8. The summed E-state index contributed by atoms with van der Waals surface area (Å²) in [7, 11) is 4.04. The molecule has 0 unspecified atom stereocenters. The Labute approximate surface area is 169 Å². The fourth-order valence-corrected chi connectivity index (χ4v) is 4.48. The fraction of sp³-hybridized carbons (Fsp3) is 0.333. The van der Waals surface area contributed by atoms with Gasteiger partial charge in [-0.05, 0) is 45.3 Å². The quantitative estimate of drug-likeness (QED) is 0.515. The van der Waals surface area contributed by atoms with Crippen LogP contribution in [0.3, 0.4) is 0 Å². The second kappa shape index (κ2) is 9.35. The molecule has 1 aromatic heterocycles. The van der Waals surface area contributed by atoms with E-state index in [2.05, 4.69) is 47.1 Å². The van der Waals surface area contributed by atoms with E-state index in [-0.39, 0.29) is 5.91 Å². The molecule has 1 heterocycles. The van der Waals surface area contributed by atoms with Gasteiger partial charge in [0.15, 0.2) is 5.13 Å². The lowest BCUT2D eigenvalue weighted by Gasteiger charge is -2.22. The zero-order valence-electron chi connectivity index (χ0n) is 16.0. The van der Waals surface area contributed by atoms with E-state index in [9.17, 15) is 4.79 Å². The highest BCUT2D eigenvalue weighted by Gasteiger charge is 2.19. The van der Waals surface area contributed by atoms with E-state index in [4.69, 9.17) is 0 Å². The van der Waals surface area contributed by atoms with Crippen LogP contribution in [0.2, 0.25) is 0 Å². The lowest BCUT2D eigenvalue weighted by molar-refractivity contribution is -0.118. The summed E-state index contributed by atoms with van der Waals surface area (Å²) in [6.07, 6.45) is 0.502. The fourth-order valence-electron chi connectivity index (χ4n) is 2.63. The molecule has 0 bridgehead atoms. The highest BCUT2D eigenvalue weighted by atomic mass is 32.2. The van der Waals surface area contributed by atoms with Crippen LogP contribution in [0, 0.1) is 6.92 Å². The molecule has 0 radical (unpaired) electrons. The second-order valence-electron chi connectivity index (χ2n) is 6.72. The van der Waals surface area contributed by atoms with Crippen LogP contribution >= 0.6 is 23.1 Å².